The lowest BCUT2D eigenvalue weighted by molar-refractivity contribution is -0.115. The van der Waals surface area contributed by atoms with E-state index in [0.717, 1.165) is 5.69 Å². The van der Waals surface area contributed by atoms with Gasteiger partial charge in [0.1, 0.15) is 0 Å². The molecule has 0 aliphatic heterocycles. The number of amides is 1. The van der Waals surface area contributed by atoms with Crippen LogP contribution in [0.1, 0.15) is 12.0 Å². The fourth-order valence-corrected chi connectivity index (χ4v) is 3.16. The average molecular weight is 374 g/mol. The van der Waals surface area contributed by atoms with Crippen molar-refractivity contribution in [3.8, 4) is 5.69 Å². The van der Waals surface area contributed by atoms with E-state index in [-0.39, 0.29) is 5.91 Å². The van der Waals surface area contributed by atoms with Crippen LogP contribution in [0.15, 0.2) is 53.7 Å². The van der Waals surface area contributed by atoms with Crippen molar-refractivity contribution in [3.63, 3.8) is 0 Å². The van der Waals surface area contributed by atoms with Crippen molar-refractivity contribution in [2.45, 2.75) is 18.5 Å². The molecule has 0 fully saturated rings. The number of carbonyl (C=O) groups excluding carboxylic acids is 1. The lowest BCUT2D eigenvalue weighted by atomic mass is 10.2. The van der Waals surface area contributed by atoms with Crippen LogP contribution in [0.5, 0.6) is 0 Å². The van der Waals surface area contributed by atoms with Crippen molar-refractivity contribution in [2.24, 2.45) is 0 Å². The molecule has 3 rings (SSSR count). The predicted octanol–water partition coefficient (Wildman–Crippen LogP) is 3.75. The summed E-state index contributed by atoms with van der Waals surface area (Å²) in [6, 6.07) is 15.0. The zero-order chi connectivity index (χ0) is 17.6. The lowest BCUT2D eigenvalue weighted by Crippen LogP contribution is -2.12. The Labute approximate surface area is 154 Å². The van der Waals surface area contributed by atoms with E-state index in [1.165, 1.54) is 17.3 Å². The number of nitrogens with zero attached hydrogens (tertiary/aromatic N) is 4. The van der Waals surface area contributed by atoms with Gasteiger partial charge in [0.2, 0.25) is 11.1 Å². The van der Waals surface area contributed by atoms with Crippen LogP contribution in [0.25, 0.3) is 5.69 Å². The number of nitrogens with one attached hydrogen (secondary N) is 1. The number of hydrogen-bond acceptors (Lipinski definition) is 5. The molecule has 0 bridgehead atoms. The Bertz CT molecular complexity index is 865. The number of rotatable bonds is 6. The second-order valence-electron chi connectivity index (χ2n) is 5.37. The Morgan fingerprint density at radius 2 is 2.04 bits per heavy atom. The molecule has 1 aromatic heterocycles. The van der Waals surface area contributed by atoms with Crippen LogP contribution in [0.2, 0.25) is 5.02 Å². The largest absolute Gasteiger partial charge is 0.326 e. The summed E-state index contributed by atoms with van der Waals surface area (Å²) in [7, 11) is 0. The van der Waals surface area contributed by atoms with E-state index >= 15 is 0 Å². The number of hydrogen-bond donors (Lipinski definition) is 1. The second kappa shape index (κ2) is 8.13. The topological polar surface area (TPSA) is 72.7 Å². The van der Waals surface area contributed by atoms with E-state index in [9.17, 15) is 4.79 Å². The number of thioether (sulfide) groups is 1. The summed E-state index contributed by atoms with van der Waals surface area (Å²) in [5, 5.41) is 15.8. The molecule has 0 saturated heterocycles. The normalized spacial score (nSPS) is 10.6. The lowest BCUT2D eigenvalue weighted by Gasteiger charge is -2.06. The molecule has 3 aromatic rings. The van der Waals surface area contributed by atoms with Gasteiger partial charge in [0.25, 0.3) is 0 Å². The molecule has 1 N–H and O–H groups in total. The fourth-order valence-electron chi connectivity index (χ4n) is 2.14. The van der Waals surface area contributed by atoms with Crippen molar-refractivity contribution >= 4 is 35.0 Å². The zero-order valence-electron chi connectivity index (χ0n) is 13.5. The molecule has 8 heteroatoms. The van der Waals surface area contributed by atoms with Crippen molar-refractivity contribution in [2.75, 3.05) is 11.1 Å². The second-order valence-corrected chi connectivity index (χ2v) is 6.86. The number of aromatic nitrogens is 4. The van der Waals surface area contributed by atoms with E-state index in [1.54, 1.807) is 28.9 Å². The number of anilines is 1. The van der Waals surface area contributed by atoms with Gasteiger partial charge in [-0.15, -0.1) is 5.10 Å². The summed E-state index contributed by atoms with van der Waals surface area (Å²) in [6.45, 7) is 2.03. The van der Waals surface area contributed by atoms with Gasteiger partial charge in [-0.05, 0) is 47.7 Å². The molecule has 25 heavy (non-hydrogen) atoms. The van der Waals surface area contributed by atoms with Gasteiger partial charge in [0.15, 0.2) is 0 Å². The Morgan fingerprint density at radius 1 is 1.24 bits per heavy atom. The highest BCUT2D eigenvalue weighted by Gasteiger charge is 2.10. The van der Waals surface area contributed by atoms with Gasteiger partial charge in [-0.25, -0.2) is 0 Å². The summed E-state index contributed by atoms with van der Waals surface area (Å²) in [5.41, 5.74) is 2.75. The van der Waals surface area contributed by atoms with Crippen molar-refractivity contribution in [1.29, 1.82) is 0 Å². The monoisotopic (exact) mass is 373 g/mol. The third-order valence-electron chi connectivity index (χ3n) is 3.39. The summed E-state index contributed by atoms with van der Waals surface area (Å²) in [4.78, 5) is 12.0. The minimum atomic E-state index is -0.0795. The first-order chi connectivity index (χ1) is 12.1. The third kappa shape index (κ3) is 4.80. The summed E-state index contributed by atoms with van der Waals surface area (Å²) in [6.07, 6.45) is 0.345. The first kappa shape index (κ1) is 17.4. The maximum Gasteiger partial charge on any atom is 0.225 e. The molecule has 6 nitrogen and oxygen atoms in total. The van der Waals surface area contributed by atoms with Gasteiger partial charge >= 0.3 is 0 Å². The molecular weight excluding hydrogens is 358 g/mol. The Kier molecular flexibility index (Phi) is 5.67. The molecule has 128 valence electrons. The molecular formula is C17H16ClN5OS. The maximum absolute atomic E-state index is 12.0. The molecule has 1 heterocycles. The number of halogens is 1. The van der Waals surface area contributed by atoms with Crippen LogP contribution < -0.4 is 5.32 Å². The molecule has 0 spiro atoms. The SMILES string of the molecule is Cc1ccc(-n2nnnc2SCCC(=O)Nc2cccc(Cl)c2)cc1. The van der Waals surface area contributed by atoms with Crippen molar-refractivity contribution < 1.29 is 4.79 Å². The number of tetrazole rings is 1. The smallest absolute Gasteiger partial charge is 0.225 e. The maximum atomic E-state index is 12.0. The van der Waals surface area contributed by atoms with Crippen LogP contribution in [-0.4, -0.2) is 31.9 Å². The molecule has 0 atom stereocenters. The van der Waals surface area contributed by atoms with Crippen LogP contribution in [0, 0.1) is 6.92 Å². The Balaban J connectivity index is 1.55. The van der Waals surface area contributed by atoms with Crippen LogP contribution in [0.4, 0.5) is 5.69 Å². The standard InChI is InChI=1S/C17H16ClN5OS/c1-12-5-7-15(8-6-12)23-17(20-21-22-23)25-10-9-16(24)19-14-4-2-3-13(18)11-14/h2-8,11H,9-10H2,1H3,(H,19,24). The zero-order valence-corrected chi connectivity index (χ0v) is 15.1. The molecule has 0 unspecified atom stereocenters. The average Bonchev–Trinajstić information content (AvgIpc) is 3.04. The van der Waals surface area contributed by atoms with E-state index in [0.29, 0.717) is 28.0 Å². The van der Waals surface area contributed by atoms with Gasteiger partial charge in [-0.3, -0.25) is 4.79 Å². The van der Waals surface area contributed by atoms with Gasteiger partial charge in [0.05, 0.1) is 5.69 Å². The van der Waals surface area contributed by atoms with Crippen molar-refractivity contribution in [3.05, 3.63) is 59.1 Å². The van der Waals surface area contributed by atoms with Gasteiger partial charge in [-0.1, -0.05) is 47.1 Å². The van der Waals surface area contributed by atoms with Gasteiger partial charge < -0.3 is 5.32 Å². The highest BCUT2D eigenvalue weighted by Crippen LogP contribution is 2.20. The first-order valence-electron chi connectivity index (χ1n) is 7.65. The number of carbonyl (C=O) groups is 1. The quantitative estimate of drug-likeness (QED) is 0.666. The highest BCUT2D eigenvalue weighted by atomic mass is 35.5. The van der Waals surface area contributed by atoms with Gasteiger partial charge in [-0.2, -0.15) is 4.68 Å². The number of benzene rings is 2. The first-order valence-corrected chi connectivity index (χ1v) is 9.02. The molecule has 0 aliphatic carbocycles. The van der Waals surface area contributed by atoms with E-state index in [2.05, 4.69) is 20.8 Å². The summed E-state index contributed by atoms with van der Waals surface area (Å²) in [5.74, 6) is 0.489. The highest BCUT2D eigenvalue weighted by molar-refractivity contribution is 7.99. The molecule has 0 radical (unpaired) electrons. The van der Waals surface area contributed by atoms with Crippen LogP contribution in [-0.2, 0) is 4.79 Å². The minimum Gasteiger partial charge on any atom is -0.326 e. The van der Waals surface area contributed by atoms with E-state index in [4.69, 9.17) is 11.6 Å². The van der Waals surface area contributed by atoms with Crippen LogP contribution in [0.3, 0.4) is 0 Å². The van der Waals surface area contributed by atoms with E-state index < -0.39 is 0 Å². The Morgan fingerprint density at radius 3 is 2.80 bits per heavy atom. The Hall–Kier alpha value is -2.38. The molecule has 0 saturated carbocycles. The van der Waals surface area contributed by atoms with Crippen LogP contribution >= 0.6 is 23.4 Å². The van der Waals surface area contributed by atoms with Gasteiger partial charge in [0, 0.05) is 22.9 Å². The summed E-state index contributed by atoms with van der Waals surface area (Å²) < 4.78 is 1.67. The third-order valence-corrected chi connectivity index (χ3v) is 4.54. The van der Waals surface area contributed by atoms with E-state index in [1.807, 2.05) is 31.2 Å². The molecule has 1 amide bonds. The number of aryl methyl sites for hydroxylation is 1. The van der Waals surface area contributed by atoms with Crippen molar-refractivity contribution in [1.82, 2.24) is 20.2 Å². The fraction of sp³-hybridized carbons (Fsp3) is 0.176. The molecule has 0 aliphatic rings. The summed E-state index contributed by atoms with van der Waals surface area (Å²) >= 11 is 7.34. The minimum absolute atomic E-state index is 0.0795. The molecule has 2 aromatic carbocycles. The predicted molar refractivity (Wildman–Crippen MR) is 99.3 cm³/mol.